The molecular weight excluding hydrogens is 564 g/mol. The molecule has 2 rings (SSSR count). The summed E-state index contributed by atoms with van der Waals surface area (Å²) in [5.41, 5.74) is 2.40. The third-order valence-corrected chi connectivity index (χ3v) is 5.00. The van der Waals surface area contributed by atoms with Crippen molar-refractivity contribution >= 4 is 45.9 Å². The number of carbonyl (C=O) groups excluding carboxylic acids is 2. The second-order valence-electron chi connectivity index (χ2n) is 7.87. The van der Waals surface area contributed by atoms with Crippen LogP contribution in [0, 0.1) is 0 Å². The molecule has 2 aromatic rings. The van der Waals surface area contributed by atoms with Gasteiger partial charge in [-0.25, -0.2) is 0 Å². The summed E-state index contributed by atoms with van der Waals surface area (Å²) >= 11 is 0. The van der Waals surface area contributed by atoms with Gasteiger partial charge in [0.2, 0.25) is 0 Å². The number of unbranched alkanes of at least 4 members (excludes halogenated alkanes) is 3. The van der Waals surface area contributed by atoms with Gasteiger partial charge in [-0.3, -0.25) is 9.59 Å². The maximum atomic E-state index is 11.3. The molecule has 0 fully saturated rings. The Labute approximate surface area is 224 Å². The third kappa shape index (κ3) is 14.5. The van der Waals surface area contributed by atoms with E-state index in [0.29, 0.717) is 0 Å². The highest BCUT2D eigenvalue weighted by molar-refractivity contribution is 8.93. The Kier molecular flexibility index (Phi) is 18.6. The first-order valence-electron chi connectivity index (χ1n) is 11.5. The van der Waals surface area contributed by atoms with E-state index < -0.39 is 11.9 Å². The molecule has 0 saturated heterocycles. The summed E-state index contributed by atoms with van der Waals surface area (Å²) < 4.78 is 10.3. The maximum absolute atomic E-state index is 11.3. The van der Waals surface area contributed by atoms with Gasteiger partial charge in [0.15, 0.2) is 11.5 Å². The summed E-state index contributed by atoms with van der Waals surface area (Å²) in [7, 11) is 0. The van der Waals surface area contributed by atoms with Gasteiger partial charge in [-0.05, 0) is 75.1 Å². The van der Waals surface area contributed by atoms with Crippen molar-refractivity contribution in [2.75, 3.05) is 26.2 Å². The zero-order valence-corrected chi connectivity index (χ0v) is 23.6. The summed E-state index contributed by atoms with van der Waals surface area (Å²) in [4.78, 5) is 22.5. The number of carbonyl (C=O) groups is 2. The van der Waals surface area contributed by atoms with Crippen molar-refractivity contribution in [3.05, 3.63) is 59.7 Å². The van der Waals surface area contributed by atoms with Gasteiger partial charge >= 0.3 is 11.9 Å². The molecule has 0 aliphatic rings. The van der Waals surface area contributed by atoms with E-state index in [2.05, 4.69) is 41.0 Å². The van der Waals surface area contributed by atoms with Crippen LogP contribution in [-0.2, 0) is 22.4 Å². The molecule has 0 heterocycles. The normalized spacial score (nSPS) is 10.1. The van der Waals surface area contributed by atoms with E-state index in [-0.39, 0.29) is 45.5 Å². The van der Waals surface area contributed by atoms with Gasteiger partial charge in [0.25, 0.3) is 0 Å². The van der Waals surface area contributed by atoms with E-state index in [9.17, 15) is 9.59 Å². The number of hydrogen-bond acceptors (Lipinski definition) is 6. The molecule has 190 valence electrons. The third-order valence-electron chi connectivity index (χ3n) is 5.00. The fourth-order valence-electron chi connectivity index (χ4n) is 3.40. The monoisotopic (exact) mass is 600 g/mol. The molecule has 0 radical (unpaired) electrons. The fourth-order valence-corrected chi connectivity index (χ4v) is 3.40. The van der Waals surface area contributed by atoms with E-state index in [4.69, 9.17) is 9.47 Å². The highest BCUT2D eigenvalue weighted by Crippen LogP contribution is 2.29. The van der Waals surface area contributed by atoms with Gasteiger partial charge in [0.05, 0.1) is 0 Å². The predicted octanol–water partition coefficient (Wildman–Crippen LogP) is 5.22. The van der Waals surface area contributed by atoms with Crippen LogP contribution in [0.2, 0.25) is 0 Å². The van der Waals surface area contributed by atoms with Crippen LogP contribution >= 0.6 is 34.0 Å². The first-order valence-corrected chi connectivity index (χ1v) is 11.5. The molecule has 0 atom stereocenters. The lowest BCUT2D eigenvalue weighted by Gasteiger charge is -2.11. The molecule has 0 aliphatic heterocycles. The van der Waals surface area contributed by atoms with Crippen LogP contribution in [0.15, 0.2) is 48.5 Å². The predicted molar refractivity (Wildman–Crippen MR) is 148 cm³/mol. The van der Waals surface area contributed by atoms with Gasteiger partial charge in [-0.2, -0.15) is 0 Å². The standard InChI is InChI=1S/C26H36N2O4.2BrH/c1-21(29)31-25-13-12-24(20-26(25)32-22(2)30)15-19-28-17-9-4-3-8-16-27-18-14-23-10-6-5-7-11-23;;/h5-7,10-13,20,27-28H,3-4,8-9,14-19H2,1-2H3;2*1H. The number of rotatable bonds is 15. The summed E-state index contributed by atoms with van der Waals surface area (Å²) in [6.45, 7) is 6.59. The van der Waals surface area contributed by atoms with Crippen molar-refractivity contribution in [2.24, 2.45) is 0 Å². The van der Waals surface area contributed by atoms with Crippen LogP contribution < -0.4 is 20.1 Å². The fraction of sp³-hybridized carbons (Fsp3) is 0.462. The van der Waals surface area contributed by atoms with Crippen molar-refractivity contribution < 1.29 is 19.1 Å². The minimum absolute atomic E-state index is 0. The lowest BCUT2D eigenvalue weighted by molar-refractivity contribution is -0.134. The lowest BCUT2D eigenvalue weighted by atomic mass is 10.1. The van der Waals surface area contributed by atoms with Gasteiger partial charge in [0, 0.05) is 13.8 Å². The first-order chi connectivity index (χ1) is 15.5. The maximum Gasteiger partial charge on any atom is 0.308 e. The van der Waals surface area contributed by atoms with Crippen molar-refractivity contribution in [1.82, 2.24) is 10.6 Å². The Hall–Kier alpha value is -1.74. The molecule has 8 heteroatoms. The molecule has 0 aliphatic carbocycles. The molecule has 2 aromatic carbocycles. The van der Waals surface area contributed by atoms with E-state index in [1.807, 2.05) is 6.07 Å². The molecule has 0 spiro atoms. The molecule has 0 unspecified atom stereocenters. The number of nitrogens with one attached hydrogen (secondary N) is 2. The number of halogens is 2. The minimum Gasteiger partial charge on any atom is -0.423 e. The van der Waals surface area contributed by atoms with E-state index in [0.717, 1.165) is 51.0 Å². The highest BCUT2D eigenvalue weighted by atomic mass is 79.9. The largest absolute Gasteiger partial charge is 0.423 e. The SMILES string of the molecule is Br.Br.CC(=O)Oc1ccc(CCNCCCCCCNCCc2ccccc2)cc1OC(C)=O. The molecule has 6 nitrogen and oxygen atoms in total. The van der Waals surface area contributed by atoms with Gasteiger partial charge in [-0.15, -0.1) is 34.0 Å². The van der Waals surface area contributed by atoms with Crippen molar-refractivity contribution in [2.45, 2.75) is 52.4 Å². The topological polar surface area (TPSA) is 76.7 Å². The van der Waals surface area contributed by atoms with Crippen molar-refractivity contribution in [1.29, 1.82) is 0 Å². The Balaban J connectivity index is 0.00000544. The van der Waals surface area contributed by atoms with Crippen molar-refractivity contribution in [3.63, 3.8) is 0 Å². The Morgan fingerprint density at radius 1 is 0.647 bits per heavy atom. The second-order valence-corrected chi connectivity index (χ2v) is 7.87. The molecular formula is C26H38Br2N2O4. The molecule has 0 saturated carbocycles. The van der Waals surface area contributed by atoms with Crippen molar-refractivity contribution in [3.8, 4) is 11.5 Å². The molecule has 0 amide bonds. The quantitative estimate of drug-likeness (QED) is 0.166. The highest BCUT2D eigenvalue weighted by Gasteiger charge is 2.11. The second kappa shape index (κ2) is 19.6. The van der Waals surface area contributed by atoms with Gasteiger partial charge in [-0.1, -0.05) is 49.2 Å². The molecule has 0 bridgehead atoms. The van der Waals surface area contributed by atoms with Crippen LogP contribution in [-0.4, -0.2) is 38.1 Å². The van der Waals surface area contributed by atoms with Gasteiger partial charge in [0.1, 0.15) is 0 Å². The van der Waals surface area contributed by atoms with E-state index in [1.54, 1.807) is 12.1 Å². The summed E-state index contributed by atoms with van der Waals surface area (Å²) in [5, 5.41) is 6.98. The average molecular weight is 602 g/mol. The van der Waals surface area contributed by atoms with Crippen LogP contribution in [0.3, 0.4) is 0 Å². The zero-order chi connectivity index (χ0) is 23.0. The minimum atomic E-state index is -0.448. The summed E-state index contributed by atoms with van der Waals surface area (Å²) in [5.74, 6) is -0.350. The molecule has 0 aromatic heterocycles. The van der Waals surface area contributed by atoms with Crippen LogP contribution in [0.25, 0.3) is 0 Å². The Morgan fingerprint density at radius 3 is 1.74 bits per heavy atom. The Bertz CT molecular complexity index is 835. The lowest BCUT2D eigenvalue weighted by Crippen LogP contribution is -2.19. The average Bonchev–Trinajstić information content (AvgIpc) is 2.76. The summed E-state index contributed by atoms with van der Waals surface area (Å²) in [6.07, 6.45) is 6.72. The number of esters is 2. The Morgan fingerprint density at radius 2 is 1.18 bits per heavy atom. The smallest absolute Gasteiger partial charge is 0.308 e. The summed E-state index contributed by atoms with van der Waals surface area (Å²) in [6, 6.07) is 15.9. The first kappa shape index (κ1) is 32.3. The van der Waals surface area contributed by atoms with Crippen LogP contribution in [0.5, 0.6) is 11.5 Å². The van der Waals surface area contributed by atoms with E-state index >= 15 is 0 Å². The number of ether oxygens (including phenoxy) is 2. The number of benzene rings is 2. The zero-order valence-electron chi connectivity index (χ0n) is 20.1. The number of hydrogen-bond donors (Lipinski definition) is 2. The van der Waals surface area contributed by atoms with Crippen LogP contribution in [0.4, 0.5) is 0 Å². The van der Waals surface area contributed by atoms with Crippen LogP contribution in [0.1, 0.15) is 50.7 Å². The van der Waals surface area contributed by atoms with Gasteiger partial charge < -0.3 is 20.1 Å². The van der Waals surface area contributed by atoms with E-state index in [1.165, 1.54) is 38.7 Å². The molecule has 2 N–H and O–H groups in total. The molecule has 34 heavy (non-hydrogen) atoms.